The Hall–Kier alpha value is -1.48. The van der Waals surface area contributed by atoms with E-state index in [9.17, 15) is 10.1 Å². The van der Waals surface area contributed by atoms with Crippen LogP contribution in [-0.4, -0.2) is 34.3 Å². The zero-order valence-corrected chi connectivity index (χ0v) is 15.5. The van der Waals surface area contributed by atoms with Gasteiger partial charge in [0.2, 0.25) is 5.91 Å². The van der Waals surface area contributed by atoms with Crippen LogP contribution in [0.15, 0.2) is 34.9 Å². The van der Waals surface area contributed by atoms with Gasteiger partial charge in [-0.25, -0.2) is 0 Å². The van der Waals surface area contributed by atoms with Gasteiger partial charge in [0.1, 0.15) is 0 Å². The Kier molecular flexibility index (Phi) is 4.77. The average molecular weight is 374 g/mol. The second-order valence-corrected chi connectivity index (χ2v) is 8.27. The van der Waals surface area contributed by atoms with E-state index in [0.717, 1.165) is 22.0 Å². The summed E-state index contributed by atoms with van der Waals surface area (Å²) < 4.78 is 0. The second kappa shape index (κ2) is 7.03. The van der Waals surface area contributed by atoms with E-state index in [1.165, 1.54) is 25.7 Å². The van der Waals surface area contributed by atoms with Crippen LogP contribution >= 0.6 is 23.4 Å². The minimum absolute atomic E-state index is 0.115. The first kappa shape index (κ1) is 17.0. The molecule has 1 saturated carbocycles. The number of carbonyl (C=O) groups is 1. The number of nitrogens with zero attached hydrogens (tertiary/aromatic N) is 3. The van der Waals surface area contributed by atoms with Crippen molar-refractivity contribution in [1.82, 2.24) is 9.80 Å². The molecule has 1 amide bonds. The third-order valence-corrected chi connectivity index (χ3v) is 6.85. The van der Waals surface area contributed by atoms with Gasteiger partial charge in [0.15, 0.2) is 0 Å². The maximum Gasteiger partial charge on any atom is 0.229 e. The molecule has 2 heterocycles. The van der Waals surface area contributed by atoms with Crippen molar-refractivity contribution in [3.63, 3.8) is 0 Å². The van der Waals surface area contributed by atoms with Crippen LogP contribution < -0.4 is 0 Å². The molecule has 0 radical (unpaired) electrons. The monoisotopic (exact) mass is 373 g/mol. The Labute approximate surface area is 157 Å². The first-order valence-electron chi connectivity index (χ1n) is 8.74. The topological polar surface area (TPSA) is 47.3 Å². The van der Waals surface area contributed by atoms with Crippen molar-refractivity contribution in [3.05, 3.63) is 45.5 Å². The molecule has 0 unspecified atom stereocenters. The third kappa shape index (κ3) is 3.19. The van der Waals surface area contributed by atoms with Crippen LogP contribution in [0.25, 0.3) is 0 Å². The number of allylic oxidation sites excluding steroid dienone is 1. The summed E-state index contributed by atoms with van der Waals surface area (Å²) in [6.45, 7) is 0.629. The highest BCUT2D eigenvalue weighted by Crippen LogP contribution is 2.43. The van der Waals surface area contributed by atoms with Gasteiger partial charge in [-0.05, 0) is 30.5 Å². The number of hydrogen-bond acceptors (Lipinski definition) is 4. The minimum Gasteiger partial charge on any atom is -0.292 e. The van der Waals surface area contributed by atoms with E-state index in [2.05, 4.69) is 11.0 Å². The molecule has 25 heavy (non-hydrogen) atoms. The number of hydrogen-bond donors (Lipinski definition) is 0. The van der Waals surface area contributed by atoms with E-state index in [1.54, 1.807) is 11.8 Å². The van der Waals surface area contributed by atoms with Gasteiger partial charge < -0.3 is 0 Å². The largest absolute Gasteiger partial charge is 0.292 e. The van der Waals surface area contributed by atoms with Crippen LogP contribution in [0.5, 0.6) is 0 Å². The van der Waals surface area contributed by atoms with Crippen LogP contribution in [0.2, 0.25) is 5.02 Å². The molecule has 1 aromatic carbocycles. The molecule has 1 aromatic rings. The fourth-order valence-electron chi connectivity index (χ4n) is 4.06. The molecule has 1 atom stereocenters. The van der Waals surface area contributed by atoms with Crippen LogP contribution in [0.3, 0.4) is 0 Å². The Balaban J connectivity index is 1.63. The number of halogens is 1. The van der Waals surface area contributed by atoms with Crippen LogP contribution in [0.1, 0.15) is 43.6 Å². The fourth-order valence-corrected chi connectivity index (χ4v) is 5.42. The molecule has 130 valence electrons. The van der Waals surface area contributed by atoms with E-state index in [0.29, 0.717) is 24.2 Å². The van der Waals surface area contributed by atoms with E-state index in [4.69, 9.17) is 11.6 Å². The summed E-state index contributed by atoms with van der Waals surface area (Å²) in [5.41, 5.74) is 1.71. The molecule has 3 aliphatic rings. The number of rotatable bonds is 2. The van der Waals surface area contributed by atoms with Gasteiger partial charge in [0.05, 0.1) is 29.2 Å². The number of amides is 1. The van der Waals surface area contributed by atoms with Crippen molar-refractivity contribution in [1.29, 1.82) is 5.26 Å². The molecular formula is C19H20ClN3OS. The lowest BCUT2D eigenvalue weighted by molar-refractivity contribution is -0.132. The van der Waals surface area contributed by atoms with Crippen molar-refractivity contribution in [3.8, 4) is 6.07 Å². The quantitative estimate of drug-likeness (QED) is 0.775. The lowest BCUT2D eigenvalue weighted by Gasteiger charge is -2.43. The Morgan fingerprint density at radius 3 is 2.60 bits per heavy atom. The smallest absolute Gasteiger partial charge is 0.229 e. The normalized spacial score (nSPS) is 25.2. The number of nitriles is 1. The lowest BCUT2D eigenvalue weighted by atomic mass is 9.86. The predicted molar refractivity (Wildman–Crippen MR) is 99.7 cm³/mol. The zero-order valence-electron chi connectivity index (χ0n) is 13.9. The Morgan fingerprint density at radius 1 is 1.20 bits per heavy atom. The summed E-state index contributed by atoms with van der Waals surface area (Å²) >= 11 is 7.62. The molecule has 2 fully saturated rings. The summed E-state index contributed by atoms with van der Waals surface area (Å²) in [5, 5.41) is 11.3. The number of thioether (sulfide) groups is 1. The van der Waals surface area contributed by atoms with Gasteiger partial charge in [0.25, 0.3) is 0 Å². The van der Waals surface area contributed by atoms with E-state index in [1.807, 2.05) is 29.2 Å². The maximum absolute atomic E-state index is 12.8. The number of benzene rings is 1. The standard InChI is InChI=1S/C19H20ClN3OS/c20-14-7-5-13(6-8-14)16-9-18(24)23-11-22(15-3-1-2-4-15)12-25-19(23)17(16)10-21/h5-8,15-16H,1-4,9,11-12H2/t16-/m1/s1. The van der Waals surface area contributed by atoms with E-state index in [-0.39, 0.29) is 11.8 Å². The highest BCUT2D eigenvalue weighted by atomic mass is 35.5. The molecule has 4 rings (SSSR count). The second-order valence-electron chi connectivity index (χ2n) is 6.90. The van der Waals surface area contributed by atoms with Crippen LogP contribution in [0, 0.1) is 11.3 Å². The van der Waals surface area contributed by atoms with Crippen molar-refractivity contribution in [2.45, 2.75) is 44.1 Å². The average Bonchev–Trinajstić information content (AvgIpc) is 3.17. The SMILES string of the molecule is N#CC1=C2SCN(C3CCCC3)CN2C(=O)C[C@@H]1c1ccc(Cl)cc1. The van der Waals surface area contributed by atoms with Crippen LogP contribution in [-0.2, 0) is 4.79 Å². The summed E-state index contributed by atoms with van der Waals surface area (Å²) in [6.07, 6.45) is 5.36. The fraction of sp³-hybridized carbons (Fsp3) is 0.474. The molecule has 0 bridgehead atoms. The molecule has 0 spiro atoms. The highest BCUT2D eigenvalue weighted by molar-refractivity contribution is 8.03. The summed E-state index contributed by atoms with van der Waals surface area (Å²) in [6, 6.07) is 10.5. The van der Waals surface area contributed by atoms with Gasteiger partial charge in [-0.3, -0.25) is 14.6 Å². The lowest BCUT2D eigenvalue weighted by Crippen LogP contribution is -2.50. The molecule has 1 aliphatic carbocycles. The Bertz CT molecular complexity index is 749. The van der Waals surface area contributed by atoms with Crippen molar-refractivity contribution in [2.24, 2.45) is 0 Å². The summed E-state index contributed by atoms with van der Waals surface area (Å²) in [5.74, 6) is 0.818. The molecule has 6 heteroatoms. The molecule has 0 N–H and O–H groups in total. The first-order valence-corrected chi connectivity index (χ1v) is 10.1. The zero-order chi connectivity index (χ0) is 17.4. The third-order valence-electron chi connectivity index (χ3n) is 5.43. The maximum atomic E-state index is 12.8. The van der Waals surface area contributed by atoms with Crippen molar-refractivity contribution < 1.29 is 4.79 Å². The number of carbonyl (C=O) groups excluding carboxylic acids is 1. The highest BCUT2D eigenvalue weighted by Gasteiger charge is 2.39. The van der Waals surface area contributed by atoms with Gasteiger partial charge in [0, 0.05) is 23.4 Å². The van der Waals surface area contributed by atoms with Gasteiger partial charge in [-0.2, -0.15) is 5.26 Å². The molecule has 4 nitrogen and oxygen atoms in total. The van der Waals surface area contributed by atoms with Crippen LogP contribution in [0.4, 0.5) is 0 Å². The van der Waals surface area contributed by atoms with Gasteiger partial charge in [-0.15, -0.1) is 0 Å². The molecule has 0 aromatic heterocycles. The summed E-state index contributed by atoms with van der Waals surface area (Å²) in [4.78, 5) is 17.0. The van der Waals surface area contributed by atoms with Gasteiger partial charge >= 0.3 is 0 Å². The van der Waals surface area contributed by atoms with Crippen molar-refractivity contribution >= 4 is 29.3 Å². The molecular weight excluding hydrogens is 354 g/mol. The predicted octanol–water partition coefficient (Wildman–Crippen LogP) is 4.30. The van der Waals surface area contributed by atoms with Crippen molar-refractivity contribution in [2.75, 3.05) is 12.5 Å². The Morgan fingerprint density at radius 2 is 1.92 bits per heavy atom. The van der Waals surface area contributed by atoms with E-state index < -0.39 is 0 Å². The summed E-state index contributed by atoms with van der Waals surface area (Å²) in [7, 11) is 0. The molecule has 1 saturated heterocycles. The minimum atomic E-state index is -0.161. The first-order chi connectivity index (χ1) is 12.2. The van der Waals surface area contributed by atoms with Gasteiger partial charge in [-0.1, -0.05) is 48.3 Å². The van der Waals surface area contributed by atoms with E-state index >= 15 is 0 Å². The molecule has 2 aliphatic heterocycles. The number of fused-ring (bicyclic) bond motifs is 1.